The minimum Gasteiger partial charge on any atom is -0.307 e. The predicted molar refractivity (Wildman–Crippen MR) is 162 cm³/mol. The highest BCUT2D eigenvalue weighted by Crippen LogP contribution is 2.39. The molecule has 0 fully saturated rings. The molecule has 0 bridgehead atoms. The largest absolute Gasteiger partial charge is 0.307 e. The SMILES string of the molecule is CCCCCCCCCCc1ccccc1-n1c(-c2cccs2)ccc1-c1ccc(C(C#N)=C(C#N)C#N)s1. The summed E-state index contributed by atoms with van der Waals surface area (Å²) in [5.41, 5.74) is 4.63. The average molecular weight is 549 g/mol. The number of nitriles is 3. The quantitative estimate of drug-likeness (QED) is 0.123. The molecule has 0 amide bonds. The number of aromatic nitrogens is 1. The topological polar surface area (TPSA) is 76.3 Å². The zero-order chi connectivity index (χ0) is 27.5. The van der Waals surface area contributed by atoms with Crippen molar-refractivity contribution in [2.45, 2.75) is 64.7 Å². The number of allylic oxidation sites excluding steroid dienone is 2. The second kappa shape index (κ2) is 14.3. The minimum absolute atomic E-state index is 0.128. The Balaban J connectivity index is 1.66. The van der Waals surface area contributed by atoms with Gasteiger partial charge in [-0.25, -0.2) is 0 Å². The summed E-state index contributed by atoms with van der Waals surface area (Å²) in [7, 11) is 0. The molecule has 0 aliphatic heterocycles. The van der Waals surface area contributed by atoms with Crippen molar-refractivity contribution < 1.29 is 0 Å². The second-order valence-corrected chi connectivity index (χ2v) is 11.6. The van der Waals surface area contributed by atoms with E-state index in [0.29, 0.717) is 4.88 Å². The Kier molecular flexibility index (Phi) is 10.3. The molecule has 0 N–H and O–H groups in total. The van der Waals surface area contributed by atoms with E-state index in [1.54, 1.807) is 11.3 Å². The van der Waals surface area contributed by atoms with Crippen molar-refractivity contribution in [3.8, 4) is 45.0 Å². The molecule has 0 spiro atoms. The fraction of sp³-hybridized carbons (Fsp3) is 0.303. The fourth-order valence-electron chi connectivity index (χ4n) is 4.88. The van der Waals surface area contributed by atoms with Crippen molar-refractivity contribution in [3.05, 3.63) is 82.1 Å². The monoisotopic (exact) mass is 548 g/mol. The van der Waals surface area contributed by atoms with Crippen LogP contribution in [0, 0.1) is 34.0 Å². The highest BCUT2D eigenvalue weighted by atomic mass is 32.1. The lowest BCUT2D eigenvalue weighted by Gasteiger charge is -2.17. The van der Waals surface area contributed by atoms with E-state index in [9.17, 15) is 15.8 Å². The number of thiophene rings is 2. The Bertz CT molecular complexity index is 1520. The molecule has 0 aliphatic carbocycles. The molecule has 4 aromatic rings. The van der Waals surface area contributed by atoms with Gasteiger partial charge in [0.25, 0.3) is 0 Å². The van der Waals surface area contributed by atoms with E-state index < -0.39 is 0 Å². The number of hydrogen-bond donors (Lipinski definition) is 0. The van der Waals surface area contributed by atoms with Crippen molar-refractivity contribution in [3.63, 3.8) is 0 Å². The third-order valence-corrected chi connectivity index (χ3v) is 8.89. The summed E-state index contributed by atoms with van der Waals surface area (Å²) in [6.07, 6.45) is 11.4. The minimum atomic E-state index is -0.156. The summed E-state index contributed by atoms with van der Waals surface area (Å²) in [6, 6.07) is 26.7. The second-order valence-electron chi connectivity index (χ2n) is 9.52. The van der Waals surface area contributed by atoms with Crippen LogP contribution in [-0.2, 0) is 6.42 Å². The van der Waals surface area contributed by atoms with Crippen LogP contribution < -0.4 is 0 Å². The van der Waals surface area contributed by atoms with Gasteiger partial charge in [-0.3, -0.25) is 0 Å². The Morgan fingerprint density at radius 1 is 0.718 bits per heavy atom. The molecule has 0 saturated heterocycles. The molecule has 3 heterocycles. The molecule has 0 unspecified atom stereocenters. The van der Waals surface area contributed by atoms with Crippen LogP contribution in [0.1, 0.15) is 68.7 Å². The van der Waals surface area contributed by atoms with E-state index in [1.807, 2.05) is 24.3 Å². The van der Waals surface area contributed by atoms with Crippen LogP contribution in [0.5, 0.6) is 0 Å². The lowest BCUT2D eigenvalue weighted by molar-refractivity contribution is 0.575. The van der Waals surface area contributed by atoms with Gasteiger partial charge in [-0.15, -0.1) is 22.7 Å². The van der Waals surface area contributed by atoms with Gasteiger partial charge in [-0.2, -0.15) is 15.8 Å². The first kappa shape index (κ1) is 28.1. The summed E-state index contributed by atoms with van der Waals surface area (Å²) in [5.74, 6) is 0. The van der Waals surface area contributed by atoms with Crippen LogP contribution in [0.3, 0.4) is 0 Å². The zero-order valence-corrected chi connectivity index (χ0v) is 24.0. The lowest BCUT2D eigenvalue weighted by Crippen LogP contribution is -2.03. The van der Waals surface area contributed by atoms with E-state index in [4.69, 9.17) is 0 Å². The van der Waals surface area contributed by atoms with Crippen LogP contribution in [0.25, 0.3) is 32.4 Å². The molecule has 6 heteroatoms. The molecule has 196 valence electrons. The molecule has 0 aliphatic rings. The lowest BCUT2D eigenvalue weighted by atomic mass is 10.0. The van der Waals surface area contributed by atoms with Gasteiger partial charge in [-0.05, 0) is 60.2 Å². The summed E-state index contributed by atoms with van der Waals surface area (Å²) >= 11 is 3.15. The van der Waals surface area contributed by atoms with Crippen LogP contribution in [-0.4, -0.2) is 4.57 Å². The number of para-hydroxylation sites is 1. The Labute approximate surface area is 239 Å². The summed E-state index contributed by atoms with van der Waals surface area (Å²) in [4.78, 5) is 2.80. The molecule has 0 atom stereocenters. The van der Waals surface area contributed by atoms with E-state index in [2.05, 4.69) is 71.5 Å². The van der Waals surface area contributed by atoms with Crippen molar-refractivity contribution >= 4 is 28.2 Å². The maximum atomic E-state index is 9.66. The van der Waals surface area contributed by atoms with E-state index in [-0.39, 0.29) is 11.1 Å². The molecular weight excluding hydrogens is 517 g/mol. The molecule has 3 aromatic heterocycles. The predicted octanol–water partition coefficient (Wildman–Crippen LogP) is 9.94. The first-order chi connectivity index (χ1) is 19.2. The van der Waals surface area contributed by atoms with Gasteiger partial charge in [-0.1, -0.05) is 76.1 Å². The van der Waals surface area contributed by atoms with Crippen molar-refractivity contribution in [1.82, 2.24) is 4.57 Å². The van der Waals surface area contributed by atoms with Crippen LogP contribution in [0.2, 0.25) is 0 Å². The molecule has 0 saturated carbocycles. The molecule has 4 nitrogen and oxygen atoms in total. The van der Waals surface area contributed by atoms with Gasteiger partial charge in [0.2, 0.25) is 0 Å². The number of hydrogen-bond acceptors (Lipinski definition) is 5. The van der Waals surface area contributed by atoms with Gasteiger partial charge >= 0.3 is 0 Å². The summed E-state index contributed by atoms with van der Waals surface area (Å²) in [6.45, 7) is 2.26. The standard InChI is InChI=1S/C33H32N4S2/c1-2-3-4-5-6-7-8-9-13-25-14-10-11-15-28(25)37-29(32-16-12-21-38-32)17-18-30(37)33-20-19-31(39-33)27(24-36)26(22-34)23-35/h10-12,14-21H,2-9,13H2,1H3. The number of rotatable bonds is 13. The molecule has 39 heavy (non-hydrogen) atoms. The molecular formula is C33H32N4S2. The van der Waals surface area contributed by atoms with Crippen molar-refractivity contribution in [2.75, 3.05) is 0 Å². The van der Waals surface area contributed by atoms with E-state index in [1.165, 1.54) is 78.8 Å². The normalized spacial score (nSPS) is 10.5. The third-order valence-electron chi connectivity index (χ3n) is 6.88. The summed E-state index contributed by atoms with van der Waals surface area (Å²) < 4.78 is 2.33. The van der Waals surface area contributed by atoms with Gasteiger partial charge in [0, 0.05) is 10.6 Å². The number of unbranched alkanes of at least 4 members (excludes halogenated alkanes) is 7. The number of benzene rings is 1. The van der Waals surface area contributed by atoms with Gasteiger partial charge in [0.15, 0.2) is 0 Å². The van der Waals surface area contributed by atoms with Gasteiger partial charge < -0.3 is 4.57 Å². The highest BCUT2D eigenvalue weighted by molar-refractivity contribution is 7.16. The Morgan fingerprint density at radius 3 is 2.08 bits per heavy atom. The smallest absolute Gasteiger partial charge is 0.148 e. The van der Waals surface area contributed by atoms with Gasteiger partial charge in [0.05, 0.1) is 26.7 Å². The summed E-state index contributed by atoms with van der Waals surface area (Å²) in [5, 5.41) is 30.4. The Morgan fingerprint density at radius 2 is 1.41 bits per heavy atom. The Hall–Kier alpha value is -3.89. The third kappa shape index (κ3) is 6.76. The van der Waals surface area contributed by atoms with E-state index >= 15 is 0 Å². The maximum Gasteiger partial charge on any atom is 0.148 e. The zero-order valence-electron chi connectivity index (χ0n) is 22.3. The molecule has 0 radical (unpaired) electrons. The number of aryl methyl sites for hydroxylation is 1. The van der Waals surface area contributed by atoms with Crippen molar-refractivity contribution in [2.24, 2.45) is 0 Å². The van der Waals surface area contributed by atoms with Crippen LogP contribution >= 0.6 is 22.7 Å². The maximum absolute atomic E-state index is 9.66. The molecule has 4 rings (SSSR count). The van der Waals surface area contributed by atoms with E-state index in [0.717, 1.165) is 22.7 Å². The van der Waals surface area contributed by atoms with Crippen LogP contribution in [0.15, 0.2) is 71.6 Å². The number of nitrogens with zero attached hydrogens (tertiary/aromatic N) is 4. The van der Waals surface area contributed by atoms with Crippen LogP contribution in [0.4, 0.5) is 0 Å². The first-order valence-corrected chi connectivity index (χ1v) is 15.3. The average Bonchev–Trinajstić information content (AvgIpc) is 3.74. The van der Waals surface area contributed by atoms with Gasteiger partial charge in [0.1, 0.15) is 23.8 Å². The van der Waals surface area contributed by atoms with Crippen molar-refractivity contribution in [1.29, 1.82) is 15.8 Å². The molecule has 1 aromatic carbocycles. The first-order valence-electron chi connectivity index (χ1n) is 13.6. The highest BCUT2D eigenvalue weighted by Gasteiger charge is 2.19. The fourth-order valence-corrected chi connectivity index (χ4v) is 6.64.